The second-order valence-electron chi connectivity index (χ2n) is 8.82. The molecule has 1 aliphatic rings. The third-order valence-corrected chi connectivity index (χ3v) is 6.45. The summed E-state index contributed by atoms with van der Waals surface area (Å²) in [4.78, 5) is 2.93. The van der Waals surface area contributed by atoms with Gasteiger partial charge in [-0.05, 0) is 22.2 Å². The van der Waals surface area contributed by atoms with Crippen molar-refractivity contribution in [2.24, 2.45) is 11.0 Å². The Balaban J connectivity index is 1.63. The molecule has 0 unspecified atom stereocenters. The molecule has 0 bridgehead atoms. The fourth-order valence-electron chi connectivity index (χ4n) is 4.59. The number of rotatable bonds is 11. The van der Waals surface area contributed by atoms with E-state index in [2.05, 4.69) is 10.0 Å². The zero-order valence-electron chi connectivity index (χ0n) is 19.9. The number of hydrogen-bond acceptors (Lipinski definition) is 6. The average molecular weight is 490 g/mol. The van der Waals surface area contributed by atoms with Gasteiger partial charge < -0.3 is 24.4 Å². The Morgan fingerprint density at radius 1 is 0.667 bits per heavy atom. The van der Waals surface area contributed by atoms with Crippen molar-refractivity contribution in [2.75, 3.05) is 6.61 Å². The van der Waals surface area contributed by atoms with E-state index in [-0.39, 0.29) is 26.4 Å². The molecule has 1 fully saturated rings. The molecule has 3 aromatic carbocycles. The summed E-state index contributed by atoms with van der Waals surface area (Å²) in [7, 11) is 0. The Hall–Kier alpha value is -3.23. The Morgan fingerprint density at radius 3 is 1.50 bits per heavy atom. The highest BCUT2D eigenvalue weighted by Gasteiger charge is 2.52. The number of benzene rings is 3. The van der Waals surface area contributed by atoms with Gasteiger partial charge in [-0.3, -0.25) is 0 Å². The van der Waals surface area contributed by atoms with E-state index < -0.39 is 36.4 Å². The lowest BCUT2D eigenvalue weighted by atomic mass is 9.77. The Morgan fingerprint density at radius 2 is 1.08 bits per heavy atom. The van der Waals surface area contributed by atoms with Crippen molar-refractivity contribution in [3.05, 3.63) is 118 Å². The first-order valence-electron chi connectivity index (χ1n) is 12.0. The van der Waals surface area contributed by atoms with Crippen LogP contribution in [-0.4, -0.2) is 47.3 Å². The molecule has 3 aromatic rings. The molecule has 0 saturated heterocycles. The highest BCUT2D eigenvalue weighted by molar-refractivity contribution is 5.16. The van der Waals surface area contributed by atoms with Gasteiger partial charge in [-0.2, -0.15) is 0 Å². The molecule has 0 heterocycles. The van der Waals surface area contributed by atoms with Crippen molar-refractivity contribution in [1.82, 2.24) is 0 Å². The molecule has 8 heteroatoms. The van der Waals surface area contributed by atoms with Crippen LogP contribution in [0.5, 0.6) is 0 Å². The Kier molecular flexibility index (Phi) is 9.47. The summed E-state index contributed by atoms with van der Waals surface area (Å²) < 4.78 is 18.9. The molecule has 1 saturated carbocycles. The highest BCUT2D eigenvalue weighted by atomic mass is 16.6. The van der Waals surface area contributed by atoms with Gasteiger partial charge in [-0.1, -0.05) is 96.1 Å². The summed E-state index contributed by atoms with van der Waals surface area (Å²) in [5, 5.41) is 25.4. The van der Waals surface area contributed by atoms with E-state index in [0.29, 0.717) is 0 Å². The molecule has 36 heavy (non-hydrogen) atoms. The lowest BCUT2D eigenvalue weighted by Crippen LogP contribution is -2.63. The van der Waals surface area contributed by atoms with Crippen LogP contribution in [0.4, 0.5) is 0 Å². The van der Waals surface area contributed by atoms with E-state index in [0.717, 1.165) is 16.7 Å². The number of aliphatic hydroxyl groups excluding tert-OH is 2. The standard InChI is InChI=1S/C28H31N3O5/c29-31-30-24-23(16-32)26(34-17-20-10-4-1-5-11-20)28(36-19-22-14-8-3-9-15-22)27(25(24)33)35-18-21-12-6-2-7-13-21/h1-15,23-28,32-33H,16-19H2/t23-,24-,25+,26+,27-,28-/m0/s1. The van der Waals surface area contributed by atoms with Gasteiger partial charge in [-0.25, -0.2) is 0 Å². The van der Waals surface area contributed by atoms with E-state index in [1.165, 1.54) is 0 Å². The maximum atomic E-state index is 11.3. The predicted octanol–water partition coefficient (Wildman–Crippen LogP) is 4.40. The van der Waals surface area contributed by atoms with Crippen LogP contribution < -0.4 is 0 Å². The molecule has 2 N–H and O–H groups in total. The minimum Gasteiger partial charge on any atom is -0.396 e. The molecule has 0 radical (unpaired) electrons. The van der Waals surface area contributed by atoms with Crippen molar-refractivity contribution < 1.29 is 24.4 Å². The number of nitrogens with zero attached hydrogens (tertiary/aromatic N) is 3. The fraction of sp³-hybridized carbons (Fsp3) is 0.357. The van der Waals surface area contributed by atoms with Crippen molar-refractivity contribution >= 4 is 0 Å². The summed E-state index contributed by atoms with van der Waals surface area (Å²) in [6.45, 7) is 0.402. The molecule has 188 valence electrons. The zero-order valence-corrected chi connectivity index (χ0v) is 19.9. The van der Waals surface area contributed by atoms with Gasteiger partial charge in [0.05, 0.1) is 38.1 Å². The van der Waals surface area contributed by atoms with Crippen LogP contribution in [0.15, 0.2) is 96.1 Å². The second-order valence-corrected chi connectivity index (χ2v) is 8.82. The van der Waals surface area contributed by atoms with E-state index >= 15 is 0 Å². The van der Waals surface area contributed by atoms with Crippen LogP contribution in [0.2, 0.25) is 0 Å². The van der Waals surface area contributed by atoms with Crippen LogP contribution in [0, 0.1) is 5.92 Å². The summed E-state index contributed by atoms with van der Waals surface area (Å²) >= 11 is 0. The van der Waals surface area contributed by atoms with Gasteiger partial charge in [0.2, 0.25) is 0 Å². The topological polar surface area (TPSA) is 117 Å². The Labute approximate surface area is 210 Å². The SMILES string of the molecule is [N-]=[N+]=N[C@@H]1[C@@H](O)[C@H](OCc2ccccc2)[C@@H](OCc2ccccc2)[C@H](OCc2ccccc2)[C@H]1CO. The number of azide groups is 1. The van der Waals surface area contributed by atoms with E-state index in [1.54, 1.807) is 0 Å². The maximum absolute atomic E-state index is 11.3. The zero-order chi connectivity index (χ0) is 25.2. The van der Waals surface area contributed by atoms with Crippen molar-refractivity contribution in [3.63, 3.8) is 0 Å². The third kappa shape index (κ3) is 6.50. The fourth-order valence-corrected chi connectivity index (χ4v) is 4.59. The quantitative estimate of drug-likeness (QED) is 0.235. The van der Waals surface area contributed by atoms with Crippen LogP contribution in [0.25, 0.3) is 10.4 Å². The molecular weight excluding hydrogens is 458 g/mol. The summed E-state index contributed by atoms with van der Waals surface area (Å²) in [5.74, 6) is -0.683. The third-order valence-electron chi connectivity index (χ3n) is 6.45. The molecule has 0 spiro atoms. The molecular formula is C28H31N3O5. The van der Waals surface area contributed by atoms with Gasteiger partial charge in [0.15, 0.2) is 0 Å². The minimum absolute atomic E-state index is 0.228. The number of ether oxygens (including phenoxy) is 3. The summed E-state index contributed by atoms with van der Waals surface area (Å²) in [6, 6.07) is 28.0. The Bertz CT molecular complexity index is 1100. The second kappa shape index (κ2) is 13.2. The van der Waals surface area contributed by atoms with E-state index in [9.17, 15) is 15.7 Å². The van der Waals surface area contributed by atoms with Crippen LogP contribution in [0.1, 0.15) is 16.7 Å². The molecule has 6 atom stereocenters. The number of aliphatic hydroxyl groups is 2. The smallest absolute Gasteiger partial charge is 0.113 e. The van der Waals surface area contributed by atoms with Gasteiger partial charge in [0.25, 0.3) is 0 Å². The number of hydrogen-bond donors (Lipinski definition) is 2. The van der Waals surface area contributed by atoms with Crippen LogP contribution in [0.3, 0.4) is 0 Å². The normalized spacial score (nSPS) is 25.7. The molecule has 0 aliphatic heterocycles. The first kappa shape index (κ1) is 25.9. The van der Waals surface area contributed by atoms with E-state index in [1.807, 2.05) is 91.0 Å². The van der Waals surface area contributed by atoms with Gasteiger partial charge >= 0.3 is 0 Å². The molecule has 0 amide bonds. The minimum atomic E-state index is -1.20. The summed E-state index contributed by atoms with van der Waals surface area (Å²) in [5.41, 5.74) is 12.0. The van der Waals surface area contributed by atoms with Crippen molar-refractivity contribution in [2.45, 2.75) is 50.3 Å². The predicted molar refractivity (Wildman–Crippen MR) is 135 cm³/mol. The summed E-state index contributed by atoms with van der Waals surface area (Å²) in [6.07, 6.45) is -3.47. The van der Waals surface area contributed by atoms with Crippen molar-refractivity contribution in [3.8, 4) is 0 Å². The molecule has 0 aromatic heterocycles. The molecule has 8 nitrogen and oxygen atoms in total. The monoisotopic (exact) mass is 489 g/mol. The van der Waals surface area contributed by atoms with Gasteiger partial charge in [0, 0.05) is 17.4 Å². The lowest BCUT2D eigenvalue weighted by molar-refractivity contribution is -0.227. The van der Waals surface area contributed by atoms with Crippen LogP contribution in [-0.2, 0) is 34.0 Å². The molecule has 4 rings (SSSR count). The lowest BCUT2D eigenvalue weighted by Gasteiger charge is -2.47. The van der Waals surface area contributed by atoms with Gasteiger partial charge in [0.1, 0.15) is 12.2 Å². The van der Waals surface area contributed by atoms with Gasteiger partial charge in [-0.15, -0.1) is 0 Å². The maximum Gasteiger partial charge on any atom is 0.113 e. The molecule has 1 aliphatic carbocycles. The first-order valence-corrected chi connectivity index (χ1v) is 12.0. The van der Waals surface area contributed by atoms with E-state index in [4.69, 9.17) is 14.2 Å². The largest absolute Gasteiger partial charge is 0.396 e. The van der Waals surface area contributed by atoms with Crippen LogP contribution >= 0.6 is 0 Å². The first-order chi connectivity index (χ1) is 17.7. The highest BCUT2D eigenvalue weighted by Crippen LogP contribution is 2.35. The average Bonchev–Trinajstić information content (AvgIpc) is 2.93. The van der Waals surface area contributed by atoms with Crippen molar-refractivity contribution in [1.29, 1.82) is 0 Å².